The number of benzene rings is 6. The van der Waals surface area contributed by atoms with E-state index in [-0.39, 0.29) is 0 Å². The van der Waals surface area contributed by atoms with Crippen molar-refractivity contribution < 1.29 is 4.42 Å². The molecule has 0 fully saturated rings. The second-order valence-corrected chi connectivity index (χ2v) is 10.2. The van der Waals surface area contributed by atoms with Crippen LogP contribution in [0, 0.1) is 0 Å². The highest BCUT2D eigenvalue weighted by molar-refractivity contribution is 6.09. The van der Waals surface area contributed by atoms with Crippen LogP contribution in [-0.2, 0) is 5.41 Å². The average Bonchev–Trinajstić information content (AvgIpc) is 3.54. The Bertz CT molecular complexity index is 1950. The van der Waals surface area contributed by atoms with E-state index in [1.165, 1.54) is 33.4 Å². The molecule has 2 nitrogen and oxygen atoms in total. The van der Waals surface area contributed by atoms with E-state index in [1.807, 2.05) is 12.1 Å². The molecule has 1 aromatic heterocycles. The highest BCUT2D eigenvalue weighted by atomic mass is 16.3. The third-order valence-corrected chi connectivity index (χ3v) is 8.16. The van der Waals surface area contributed by atoms with Gasteiger partial charge in [0.25, 0.3) is 0 Å². The van der Waals surface area contributed by atoms with Crippen molar-refractivity contribution in [3.8, 4) is 11.1 Å². The Kier molecular flexibility index (Phi) is 4.77. The molecule has 184 valence electrons. The molecule has 39 heavy (non-hydrogen) atoms. The van der Waals surface area contributed by atoms with E-state index in [1.54, 1.807) is 0 Å². The summed E-state index contributed by atoms with van der Waals surface area (Å²) >= 11 is 0. The molecule has 2 heteroatoms. The van der Waals surface area contributed by atoms with Crippen LogP contribution in [0.1, 0.15) is 22.3 Å². The van der Waals surface area contributed by atoms with Crippen molar-refractivity contribution in [1.82, 2.24) is 0 Å². The van der Waals surface area contributed by atoms with Crippen molar-refractivity contribution >= 4 is 33.3 Å². The predicted octanol–water partition coefficient (Wildman–Crippen LogP) is 9.69. The molecule has 0 unspecified atom stereocenters. The lowest BCUT2D eigenvalue weighted by atomic mass is 9.68. The molecule has 0 atom stereocenters. The van der Waals surface area contributed by atoms with Crippen LogP contribution in [0.5, 0.6) is 0 Å². The zero-order valence-electron chi connectivity index (χ0n) is 21.3. The summed E-state index contributed by atoms with van der Waals surface area (Å²) in [7, 11) is 0. The molecule has 0 saturated heterocycles. The van der Waals surface area contributed by atoms with Gasteiger partial charge in [0.05, 0.1) is 11.1 Å². The third kappa shape index (κ3) is 3.09. The van der Waals surface area contributed by atoms with Gasteiger partial charge in [0.1, 0.15) is 5.58 Å². The molecule has 0 bridgehead atoms. The molecule has 1 aliphatic rings. The van der Waals surface area contributed by atoms with E-state index in [0.717, 1.165) is 33.3 Å². The Morgan fingerprint density at radius 2 is 1.05 bits per heavy atom. The first-order valence-corrected chi connectivity index (χ1v) is 13.4. The topological polar surface area (TPSA) is 25.2 Å². The zero-order valence-corrected chi connectivity index (χ0v) is 21.3. The van der Waals surface area contributed by atoms with Crippen LogP contribution in [0.4, 0.5) is 11.4 Å². The fourth-order valence-electron chi connectivity index (χ4n) is 6.59. The average molecular weight is 500 g/mol. The lowest BCUT2D eigenvalue weighted by Gasteiger charge is -2.33. The van der Waals surface area contributed by atoms with Crippen molar-refractivity contribution in [2.24, 2.45) is 0 Å². The normalized spacial score (nSPS) is 13.3. The SMILES string of the molecule is c1ccc(C2(c3ccccc3)c3ccccc3-c3c(Nc4cccc5c4oc4ccccc45)cccc32)cc1. The number of para-hydroxylation sites is 2. The smallest absolute Gasteiger partial charge is 0.158 e. The van der Waals surface area contributed by atoms with Gasteiger partial charge in [0, 0.05) is 22.0 Å². The van der Waals surface area contributed by atoms with Gasteiger partial charge in [-0.1, -0.05) is 127 Å². The Balaban J connectivity index is 1.40. The van der Waals surface area contributed by atoms with E-state index >= 15 is 0 Å². The van der Waals surface area contributed by atoms with Gasteiger partial charge in [-0.15, -0.1) is 0 Å². The summed E-state index contributed by atoms with van der Waals surface area (Å²) in [5, 5.41) is 6.04. The lowest BCUT2D eigenvalue weighted by Crippen LogP contribution is -2.28. The molecule has 1 N–H and O–H groups in total. The number of nitrogens with one attached hydrogen (secondary N) is 1. The largest absolute Gasteiger partial charge is 0.454 e. The summed E-state index contributed by atoms with van der Waals surface area (Å²) in [5.74, 6) is 0. The first-order chi connectivity index (χ1) is 19.4. The predicted molar refractivity (Wildman–Crippen MR) is 161 cm³/mol. The molecular weight excluding hydrogens is 474 g/mol. The molecule has 6 aromatic carbocycles. The van der Waals surface area contributed by atoms with Gasteiger partial charge in [0.15, 0.2) is 5.58 Å². The van der Waals surface area contributed by atoms with Crippen LogP contribution in [-0.4, -0.2) is 0 Å². The van der Waals surface area contributed by atoms with Gasteiger partial charge >= 0.3 is 0 Å². The van der Waals surface area contributed by atoms with Crippen LogP contribution in [0.2, 0.25) is 0 Å². The minimum Gasteiger partial charge on any atom is -0.454 e. The summed E-state index contributed by atoms with van der Waals surface area (Å²) in [6.07, 6.45) is 0. The van der Waals surface area contributed by atoms with E-state index in [4.69, 9.17) is 4.42 Å². The van der Waals surface area contributed by atoms with Crippen LogP contribution in [0.15, 0.2) is 150 Å². The Morgan fingerprint density at radius 1 is 0.462 bits per heavy atom. The molecule has 1 aliphatic carbocycles. The minimum absolute atomic E-state index is 0.419. The zero-order chi connectivity index (χ0) is 25.8. The second kappa shape index (κ2) is 8.47. The first-order valence-electron chi connectivity index (χ1n) is 13.4. The number of fused-ring (bicyclic) bond motifs is 6. The van der Waals surface area contributed by atoms with Crippen LogP contribution in [0.3, 0.4) is 0 Å². The standard InChI is InChI=1S/C37H25NO/c1-3-13-25(14-4-1)37(26-15-5-2-6-16-26)30-20-9-7-18-29(30)35-31(37)21-12-22-32(35)38-33-23-11-19-28-27-17-8-10-24-34(27)39-36(28)33/h1-24,38H. The molecule has 0 spiro atoms. The van der Waals surface area contributed by atoms with Crippen molar-refractivity contribution in [3.05, 3.63) is 168 Å². The van der Waals surface area contributed by atoms with Gasteiger partial charge in [-0.2, -0.15) is 0 Å². The first kappa shape index (κ1) is 22.0. The number of furan rings is 1. The van der Waals surface area contributed by atoms with Crippen LogP contribution >= 0.6 is 0 Å². The monoisotopic (exact) mass is 499 g/mol. The number of hydrogen-bond donors (Lipinski definition) is 1. The maximum atomic E-state index is 6.36. The summed E-state index contributed by atoms with van der Waals surface area (Å²) < 4.78 is 6.36. The molecule has 0 saturated carbocycles. The number of anilines is 2. The van der Waals surface area contributed by atoms with Gasteiger partial charge < -0.3 is 9.73 Å². The van der Waals surface area contributed by atoms with Gasteiger partial charge in [-0.05, 0) is 46.0 Å². The highest BCUT2D eigenvalue weighted by Gasteiger charge is 2.46. The van der Waals surface area contributed by atoms with Gasteiger partial charge in [-0.3, -0.25) is 0 Å². The molecule has 0 radical (unpaired) electrons. The minimum atomic E-state index is -0.419. The van der Waals surface area contributed by atoms with Crippen LogP contribution in [0.25, 0.3) is 33.1 Å². The van der Waals surface area contributed by atoms with E-state index in [0.29, 0.717) is 0 Å². The Labute approximate surface area is 227 Å². The molecule has 7 aromatic rings. The molecule has 1 heterocycles. The molecule has 0 aliphatic heterocycles. The molecular formula is C37H25NO. The van der Waals surface area contributed by atoms with E-state index in [2.05, 4.69) is 139 Å². The third-order valence-electron chi connectivity index (χ3n) is 8.16. The van der Waals surface area contributed by atoms with Crippen molar-refractivity contribution in [3.63, 3.8) is 0 Å². The highest BCUT2D eigenvalue weighted by Crippen LogP contribution is 2.58. The van der Waals surface area contributed by atoms with Gasteiger partial charge in [-0.25, -0.2) is 0 Å². The number of rotatable bonds is 4. The summed E-state index contributed by atoms with van der Waals surface area (Å²) in [6, 6.07) is 51.9. The van der Waals surface area contributed by atoms with Crippen molar-refractivity contribution in [2.75, 3.05) is 5.32 Å². The fraction of sp³-hybridized carbons (Fsp3) is 0.0270. The van der Waals surface area contributed by atoms with Gasteiger partial charge in [0.2, 0.25) is 0 Å². The summed E-state index contributed by atoms with van der Waals surface area (Å²) in [6.45, 7) is 0. The quantitative estimate of drug-likeness (QED) is 0.261. The Hall–Kier alpha value is -5.08. The number of hydrogen-bond acceptors (Lipinski definition) is 2. The van der Waals surface area contributed by atoms with E-state index < -0.39 is 5.41 Å². The summed E-state index contributed by atoms with van der Waals surface area (Å²) in [5.41, 5.74) is 11.0. The second-order valence-electron chi connectivity index (χ2n) is 10.2. The fourth-order valence-corrected chi connectivity index (χ4v) is 6.59. The molecule has 8 rings (SSSR count). The maximum absolute atomic E-state index is 6.36. The maximum Gasteiger partial charge on any atom is 0.158 e. The van der Waals surface area contributed by atoms with Crippen molar-refractivity contribution in [2.45, 2.75) is 5.41 Å². The van der Waals surface area contributed by atoms with Crippen LogP contribution < -0.4 is 5.32 Å². The summed E-state index contributed by atoms with van der Waals surface area (Å²) in [4.78, 5) is 0. The lowest BCUT2D eigenvalue weighted by molar-refractivity contribution is 0.670. The molecule has 0 amide bonds. The van der Waals surface area contributed by atoms with Crippen molar-refractivity contribution in [1.29, 1.82) is 0 Å². The van der Waals surface area contributed by atoms with E-state index in [9.17, 15) is 0 Å². The Morgan fingerprint density at radius 3 is 1.85 bits per heavy atom.